The largest absolute Gasteiger partial charge is 0.363 e. The first-order valence-electron chi connectivity index (χ1n) is 18.4. The molecule has 14 heteroatoms. The van der Waals surface area contributed by atoms with Crippen molar-refractivity contribution in [1.82, 2.24) is 25.2 Å². The summed E-state index contributed by atoms with van der Waals surface area (Å²) in [6.07, 6.45) is 9.01. The van der Waals surface area contributed by atoms with Crippen LogP contribution in [0.1, 0.15) is 105 Å². The molecule has 6 atom stereocenters. The zero-order chi connectivity index (χ0) is 35.9. The van der Waals surface area contributed by atoms with Crippen LogP contribution in [0, 0.1) is 34.5 Å². The SMILES string of the molecule is CC(C)(C)[C@@H](CN1CCCCS1(=O)=O)NC(=O)N[C@H](C(=O)N1C[C@H]2[C@@H]([C@H]1C(=O)NC(CC1CCC1)C(=O)C(N)=O)C2(C)C)C1CCCCC1. The van der Waals surface area contributed by atoms with Crippen LogP contribution in [-0.2, 0) is 29.2 Å². The molecule has 5 aliphatic rings. The molecule has 13 nitrogen and oxygen atoms in total. The highest BCUT2D eigenvalue weighted by atomic mass is 32.2. The number of amides is 5. The van der Waals surface area contributed by atoms with Crippen LogP contribution in [0.15, 0.2) is 0 Å². The quantitative estimate of drug-likeness (QED) is 0.224. The molecule has 0 aromatic rings. The summed E-state index contributed by atoms with van der Waals surface area (Å²) in [6, 6.07) is -3.83. The molecule has 0 bridgehead atoms. The highest BCUT2D eigenvalue weighted by Crippen LogP contribution is 2.65. The van der Waals surface area contributed by atoms with Gasteiger partial charge in [-0.05, 0) is 66.6 Å². The number of Topliss-reactive ketones (excluding diaryl/α,β-unsaturated/α-hetero) is 1. The Morgan fingerprint density at radius 2 is 1.57 bits per heavy atom. The Hall–Kier alpha value is -2.74. The molecule has 5 fully saturated rings. The molecular weight excluding hydrogens is 648 g/mol. The average Bonchev–Trinajstić information content (AvgIpc) is 3.31. The van der Waals surface area contributed by atoms with Crippen LogP contribution in [0.3, 0.4) is 0 Å². The smallest absolute Gasteiger partial charge is 0.315 e. The number of fused-ring (bicyclic) bond motifs is 1. The number of nitrogens with one attached hydrogen (secondary N) is 3. The molecule has 5 rings (SSSR count). The molecule has 49 heavy (non-hydrogen) atoms. The Bertz CT molecular complexity index is 1400. The van der Waals surface area contributed by atoms with Crippen LogP contribution in [0.2, 0.25) is 0 Å². The zero-order valence-corrected chi connectivity index (χ0v) is 30.8. The molecule has 2 heterocycles. The fourth-order valence-electron chi connectivity index (χ4n) is 8.69. The lowest BCUT2D eigenvalue weighted by Gasteiger charge is -2.39. The second kappa shape index (κ2) is 14.5. The molecule has 3 saturated carbocycles. The number of primary amides is 1. The van der Waals surface area contributed by atoms with Gasteiger partial charge in [-0.2, -0.15) is 4.31 Å². The molecule has 2 saturated heterocycles. The van der Waals surface area contributed by atoms with Crippen molar-refractivity contribution in [2.75, 3.05) is 25.4 Å². The summed E-state index contributed by atoms with van der Waals surface area (Å²) in [5, 5.41) is 8.84. The number of piperidine rings is 1. The van der Waals surface area contributed by atoms with E-state index in [1.807, 2.05) is 20.8 Å². The lowest BCUT2D eigenvalue weighted by molar-refractivity contribution is -0.144. The van der Waals surface area contributed by atoms with Gasteiger partial charge in [0.25, 0.3) is 5.91 Å². The third-order valence-corrected chi connectivity index (χ3v) is 14.2. The number of carbonyl (C=O) groups is 5. The first-order chi connectivity index (χ1) is 22.9. The molecule has 5 N–H and O–H groups in total. The summed E-state index contributed by atoms with van der Waals surface area (Å²) in [5.74, 6) is -2.55. The van der Waals surface area contributed by atoms with Gasteiger partial charge in [-0.1, -0.05) is 73.1 Å². The van der Waals surface area contributed by atoms with Crippen LogP contribution in [-0.4, -0.2) is 96.7 Å². The van der Waals surface area contributed by atoms with Gasteiger partial charge in [0.1, 0.15) is 12.1 Å². The van der Waals surface area contributed by atoms with Crippen LogP contribution in [0.5, 0.6) is 0 Å². The lowest BCUT2D eigenvalue weighted by Crippen LogP contribution is -2.62. The van der Waals surface area contributed by atoms with Crippen molar-refractivity contribution in [1.29, 1.82) is 0 Å². The highest BCUT2D eigenvalue weighted by molar-refractivity contribution is 7.89. The summed E-state index contributed by atoms with van der Waals surface area (Å²) < 4.78 is 27.0. The van der Waals surface area contributed by atoms with Crippen molar-refractivity contribution in [2.45, 2.75) is 129 Å². The van der Waals surface area contributed by atoms with E-state index in [-0.39, 0.29) is 47.3 Å². The maximum absolute atomic E-state index is 14.6. The number of nitrogens with zero attached hydrogens (tertiary/aromatic N) is 2. The van der Waals surface area contributed by atoms with Crippen LogP contribution in [0.25, 0.3) is 0 Å². The number of hydrogen-bond acceptors (Lipinski definition) is 7. The van der Waals surface area contributed by atoms with E-state index in [0.29, 0.717) is 25.9 Å². The van der Waals surface area contributed by atoms with Gasteiger partial charge in [-0.25, -0.2) is 13.2 Å². The highest BCUT2D eigenvalue weighted by Gasteiger charge is 2.69. The maximum atomic E-state index is 14.6. The van der Waals surface area contributed by atoms with E-state index < -0.39 is 63.2 Å². The molecule has 1 unspecified atom stereocenters. The van der Waals surface area contributed by atoms with Crippen molar-refractivity contribution in [2.24, 2.45) is 40.2 Å². The minimum Gasteiger partial charge on any atom is -0.363 e. The van der Waals surface area contributed by atoms with Crippen LogP contribution >= 0.6 is 0 Å². The molecule has 5 amide bonds. The molecule has 0 radical (unpaired) electrons. The molecule has 0 spiro atoms. The fraction of sp³-hybridized carbons (Fsp3) is 0.857. The third-order valence-electron chi connectivity index (χ3n) is 12.3. The summed E-state index contributed by atoms with van der Waals surface area (Å²) in [4.78, 5) is 68.7. The summed E-state index contributed by atoms with van der Waals surface area (Å²) in [7, 11) is -3.41. The van der Waals surface area contributed by atoms with Crippen LogP contribution in [0.4, 0.5) is 4.79 Å². The Morgan fingerprint density at radius 1 is 0.898 bits per heavy atom. The van der Waals surface area contributed by atoms with Gasteiger partial charge in [0.2, 0.25) is 27.6 Å². The van der Waals surface area contributed by atoms with Crippen molar-refractivity contribution in [3.63, 3.8) is 0 Å². The zero-order valence-electron chi connectivity index (χ0n) is 30.0. The van der Waals surface area contributed by atoms with Gasteiger partial charge in [-0.15, -0.1) is 0 Å². The Kier molecular flexibility index (Phi) is 11.1. The van der Waals surface area contributed by atoms with Crippen molar-refractivity contribution >= 4 is 39.6 Å². The molecule has 276 valence electrons. The fourth-order valence-corrected chi connectivity index (χ4v) is 10.3. The molecule has 3 aliphatic carbocycles. The van der Waals surface area contributed by atoms with Crippen LogP contribution < -0.4 is 21.7 Å². The second-order valence-electron chi connectivity index (χ2n) is 17.0. The molecule has 2 aliphatic heterocycles. The van der Waals surface area contributed by atoms with E-state index in [2.05, 4.69) is 29.8 Å². The van der Waals surface area contributed by atoms with Crippen molar-refractivity contribution in [3.8, 4) is 0 Å². The maximum Gasteiger partial charge on any atom is 0.315 e. The van der Waals surface area contributed by atoms with Gasteiger partial charge in [-0.3, -0.25) is 19.2 Å². The molecular formula is C35H58N6O7S. The summed E-state index contributed by atoms with van der Waals surface area (Å²) >= 11 is 0. The standard InChI is InChI=1S/C35H58N6O7S/c1-34(2,3)25(20-40-16-9-10-17-49(40,47)48)38-33(46)39-27(22-14-7-6-8-15-22)32(45)41-19-23-26(35(23,4)5)28(41)31(44)37-24(29(42)30(36)43)18-21-12-11-13-21/h21-28H,6-20H2,1-5H3,(H2,36,43)(H,37,44)(H2,38,39,46)/t23-,24?,25+,26-,27-,28-/m0/s1. The van der Waals surface area contributed by atoms with Gasteiger partial charge in [0, 0.05) is 25.7 Å². The first-order valence-corrected chi connectivity index (χ1v) is 20.0. The number of likely N-dealkylation sites (tertiary alicyclic amines) is 1. The molecule has 0 aromatic carbocycles. The number of rotatable bonds is 12. The lowest BCUT2D eigenvalue weighted by atomic mass is 9.80. The Morgan fingerprint density at radius 3 is 2.14 bits per heavy atom. The number of sulfonamides is 1. The number of carbonyl (C=O) groups excluding carboxylic acids is 5. The number of ketones is 1. The van der Waals surface area contributed by atoms with E-state index in [4.69, 9.17) is 5.73 Å². The number of urea groups is 1. The summed E-state index contributed by atoms with van der Waals surface area (Å²) in [5.41, 5.74) is 4.71. The minimum atomic E-state index is -3.41. The van der Waals surface area contributed by atoms with Crippen molar-refractivity contribution in [3.05, 3.63) is 0 Å². The van der Waals surface area contributed by atoms with E-state index >= 15 is 0 Å². The van der Waals surface area contributed by atoms with E-state index in [0.717, 1.165) is 57.8 Å². The van der Waals surface area contributed by atoms with E-state index in [9.17, 15) is 32.4 Å². The predicted octanol–water partition coefficient (Wildman–Crippen LogP) is 2.29. The van der Waals surface area contributed by atoms with E-state index in [1.165, 1.54) is 4.31 Å². The Labute approximate surface area is 291 Å². The first kappa shape index (κ1) is 37.5. The average molecular weight is 707 g/mol. The number of hydrogen-bond donors (Lipinski definition) is 4. The monoisotopic (exact) mass is 706 g/mol. The second-order valence-corrected chi connectivity index (χ2v) is 19.1. The van der Waals surface area contributed by atoms with Gasteiger partial charge >= 0.3 is 6.03 Å². The van der Waals surface area contributed by atoms with E-state index in [1.54, 1.807) is 4.90 Å². The summed E-state index contributed by atoms with van der Waals surface area (Å²) in [6.45, 7) is 10.9. The predicted molar refractivity (Wildman–Crippen MR) is 184 cm³/mol. The van der Waals surface area contributed by atoms with Gasteiger partial charge in [0.15, 0.2) is 0 Å². The molecule has 0 aromatic heterocycles. The normalized spacial score (nSPS) is 28.7. The van der Waals surface area contributed by atoms with Gasteiger partial charge in [0.05, 0.1) is 11.8 Å². The third kappa shape index (κ3) is 8.26. The minimum absolute atomic E-state index is 0.0849. The Balaban J connectivity index is 1.35. The van der Waals surface area contributed by atoms with Crippen molar-refractivity contribution < 1.29 is 32.4 Å². The van der Waals surface area contributed by atoms with Gasteiger partial charge < -0.3 is 26.6 Å². The number of nitrogens with two attached hydrogens (primary N) is 1. The topological polar surface area (TPSA) is 188 Å².